The average molecular weight is 108 g/mol. The molecule has 3 nitrogen and oxygen atoms in total. The Labute approximate surface area is 47.4 Å². The lowest BCUT2D eigenvalue weighted by atomic mass is 10.3. The predicted octanol–water partition coefficient (Wildman–Crippen LogP) is 0.294. The lowest BCUT2D eigenvalue weighted by Gasteiger charge is -2.06. The van der Waals surface area contributed by atoms with Crippen LogP contribution in [0.1, 0.15) is 6.42 Å². The Hall–Kier alpha value is -1.12. The van der Waals surface area contributed by atoms with E-state index in [1.165, 1.54) is 0 Å². The molecule has 0 bridgehead atoms. The van der Waals surface area contributed by atoms with E-state index in [2.05, 4.69) is 11.4 Å². The Balaban J connectivity index is 2.68. The summed E-state index contributed by atoms with van der Waals surface area (Å²) in [5.74, 6) is 0.551. The normalized spacial score (nSPS) is 18.5. The van der Waals surface area contributed by atoms with Gasteiger partial charge in [0.2, 0.25) is 0 Å². The van der Waals surface area contributed by atoms with Gasteiger partial charge in [-0.1, -0.05) is 6.08 Å². The van der Waals surface area contributed by atoms with E-state index < -0.39 is 0 Å². The molecule has 0 unspecified atom stereocenters. The van der Waals surface area contributed by atoms with Crippen molar-refractivity contribution in [2.45, 2.75) is 6.42 Å². The zero-order valence-electron chi connectivity index (χ0n) is 4.28. The summed E-state index contributed by atoms with van der Waals surface area (Å²) in [7, 11) is 0. The van der Waals surface area contributed by atoms with Crippen molar-refractivity contribution in [1.82, 2.24) is 5.32 Å². The second kappa shape index (κ2) is 1.78. The Morgan fingerprint density at radius 1 is 1.62 bits per heavy atom. The first kappa shape index (κ1) is 5.03. The van der Waals surface area contributed by atoms with Gasteiger partial charge in [0.1, 0.15) is 11.7 Å². The predicted molar refractivity (Wildman–Crippen MR) is 31.0 cm³/mol. The molecule has 0 saturated heterocycles. The topological polar surface area (TPSA) is 59.7 Å². The molecule has 0 aromatic carbocycles. The van der Waals surface area contributed by atoms with Gasteiger partial charge >= 0.3 is 0 Å². The quantitative estimate of drug-likeness (QED) is 0.410. The van der Waals surface area contributed by atoms with Gasteiger partial charge in [0.25, 0.3) is 0 Å². The Bertz CT molecular complexity index is 157. The third-order valence-electron chi connectivity index (χ3n) is 0.828. The molecule has 0 spiro atoms. The van der Waals surface area contributed by atoms with Crippen LogP contribution < -0.4 is 5.32 Å². The summed E-state index contributed by atoms with van der Waals surface area (Å²) in [5, 5.41) is 16.4. The zero-order chi connectivity index (χ0) is 5.98. The molecule has 0 aliphatic carbocycles. The maximum Gasteiger partial charge on any atom is 0.131 e. The number of amidine groups is 2. The molecule has 3 N–H and O–H groups in total. The van der Waals surface area contributed by atoms with Gasteiger partial charge in [0, 0.05) is 12.5 Å². The van der Waals surface area contributed by atoms with Crippen LogP contribution in [-0.2, 0) is 0 Å². The molecule has 3 heteroatoms. The summed E-state index contributed by atoms with van der Waals surface area (Å²) in [6.07, 6.45) is 4.86. The van der Waals surface area contributed by atoms with Crippen LogP contribution in [-0.4, -0.2) is 11.7 Å². The van der Waals surface area contributed by atoms with Gasteiger partial charge in [-0.25, -0.2) is 0 Å². The molecule has 0 atom stereocenters. The van der Waals surface area contributed by atoms with Gasteiger partial charge in [-0.15, -0.1) is 0 Å². The molecule has 0 fully saturated rings. The fourth-order valence-corrected chi connectivity index (χ4v) is 0.493. The van der Waals surface area contributed by atoms with Crippen molar-refractivity contribution in [2.75, 3.05) is 0 Å². The standard InChI is InChI=1S/C5H6N3/c6-4-2-1-3-5(7)8-4/h1H,2H2,(H3,6,7,8). The van der Waals surface area contributed by atoms with E-state index in [4.69, 9.17) is 10.8 Å². The minimum absolute atomic E-state index is 0.182. The molecule has 0 saturated carbocycles. The second-order valence-electron chi connectivity index (χ2n) is 1.53. The highest BCUT2D eigenvalue weighted by atomic mass is 15.0. The number of nitrogens with one attached hydrogen (secondary N) is 3. The summed E-state index contributed by atoms with van der Waals surface area (Å²) < 4.78 is 0. The number of hydrogen-bond acceptors (Lipinski definition) is 2. The van der Waals surface area contributed by atoms with Crippen molar-refractivity contribution in [3.63, 3.8) is 0 Å². The molecule has 1 rings (SSSR count). The molecular weight excluding hydrogens is 102 g/mol. The van der Waals surface area contributed by atoms with Crippen molar-refractivity contribution in [3.05, 3.63) is 12.2 Å². The maximum absolute atomic E-state index is 7.00. The highest BCUT2D eigenvalue weighted by Gasteiger charge is 2.00. The summed E-state index contributed by atoms with van der Waals surface area (Å²) in [6.45, 7) is 0. The monoisotopic (exact) mass is 108 g/mol. The van der Waals surface area contributed by atoms with Crippen LogP contribution in [0.2, 0.25) is 0 Å². The first-order chi connectivity index (χ1) is 3.79. The zero-order valence-corrected chi connectivity index (χ0v) is 4.28. The summed E-state index contributed by atoms with van der Waals surface area (Å²) in [4.78, 5) is 0. The molecule has 0 aromatic rings. The average Bonchev–Trinajstić information content (AvgIpc) is 1.64. The lowest BCUT2D eigenvalue weighted by molar-refractivity contribution is 1.15. The van der Waals surface area contributed by atoms with Crippen LogP contribution in [0.3, 0.4) is 0 Å². The van der Waals surface area contributed by atoms with E-state index >= 15 is 0 Å². The van der Waals surface area contributed by atoms with Crippen LogP contribution >= 0.6 is 0 Å². The number of rotatable bonds is 0. The van der Waals surface area contributed by atoms with E-state index in [0.29, 0.717) is 12.3 Å². The summed E-state index contributed by atoms with van der Waals surface area (Å²) in [5.41, 5.74) is 0. The van der Waals surface area contributed by atoms with Crippen molar-refractivity contribution in [1.29, 1.82) is 10.8 Å². The molecular formula is C5H6N3. The molecule has 1 aliphatic rings. The first-order valence-electron chi connectivity index (χ1n) is 2.30. The second-order valence-corrected chi connectivity index (χ2v) is 1.53. The van der Waals surface area contributed by atoms with Crippen LogP contribution in [0, 0.1) is 16.9 Å². The van der Waals surface area contributed by atoms with E-state index in [1.807, 2.05) is 0 Å². The van der Waals surface area contributed by atoms with Crippen molar-refractivity contribution in [2.24, 2.45) is 0 Å². The van der Waals surface area contributed by atoms with Gasteiger partial charge in [0.05, 0.1) is 0 Å². The van der Waals surface area contributed by atoms with Crippen molar-refractivity contribution >= 4 is 11.7 Å². The maximum atomic E-state index is 7.00. The van der Waals surface area contributed by atoms with Crippen LogP contribution in [0.25, 0.3) is 0 Å². The van der Waals surface area contributed by atoms with Gasteiger partial charge in [-0.05, 0) is 0 Å². The molecule has 0 aromatic heterocycles. The third kappa shape index (κ3) is 0.932. The molecule has 8 heavy (non-hydrogen) atoms. The van der Waals surface area contributed by atoms with Crippen LogP contribution in [0.15, 0.2) is 6.08 Å². The first-order valence-corrected chi connectivity index (χ1v) is 2.30. The largest absolute Gasteiger partial charge is 0.329 e. The minimum Gasteiger partial charge on any atom is -0.329 e. The van der Waals surface area contributed by atoms with Crippen LogP contribution in [0.4, 0.5) is 0 Å². The fourth-order valence-electron chi connectivity index (χ4n) is 0.493. The Kier molecular flexibility index (Phi) is 1.12. The SMILES string of the molecule is N=C1[C]=CCC(=N)N1. The molecule has 0 amide bonds. The minimum atomic E-state index is 0.182. The van der Waals surface area contributed by atoms with Gasteiger partial charge in [-0.3, -0.25) is 10.8 Å². The molecule has 1 aliphatic heterocycles. The molecule has 1 radical (unpaired) electrons. The van der Waals surface area contributed by atoms with Crippen LogP contribution in [0.5, 0.6) is 0 Å². The Morgan fingerprint density at radius 3 is 2.75 bits per heavy atom. The van der Waals surface area contributed by atoms with Gasteiger partial charge < -0.3 is 5.32 Å². The van der Waals surface area contributed by atoms with E-state index in [0.717, 1.165) is 0 Å². The Morgan fingerprint density at radius 2 is 2.38 bits per heavy atom. The van der Waals surface area contributed by atoms with Crippen molar-refractivity contribution in [3.8, 4) is 0 Å². The molecule has 1 heterocycles. The van der Waals surface area contributed by atoms with Gasteiger partial charge in [0.15, 0.2) is 0 Å². The third-order valence-corrected chi connectivity index (χ3v) is 0.828. The summed E-state index contributed by atoms with van der Waals surface area (Å²) in [6, 6.07) is 0. The highest BCUT2D eigenvalue weighted by molar-refractivity contribution is 6.04. The summed E-state index contributed by atoms with van der Waals surface area (Å²) >= 11 is 0. The lowest BCUT2D eigenvalue weighted by Crippen LogP contribution is -2.30. The van der Waals surface area contributed by atoms with E-state index in [9.17, 15) is 0 Å². The fraction of sp³-hybridized carbons (Fsp3) is 0.200. The van der Waals surface area contributed by atoms with E-state index in [-0.39, 0.29) is 5.84 Å². The van der Waals surface area contributed by atoms with E-state index in [1.54, 1.807) is 6.08 Å². The van der Waals surface area contributed by atoms with Gasteiger partial charge in [-0.2, -0.15) is 0 Å². The number of hydrogen-bond donors (Lipinski definition) is 3. The molecule has 41 valence electrons. The smallest absolute Gasteiger partial charge is 0.131 e. The van der Waals surface area contributed by atoms with Crippen molar-refractivity contribution < 1.29 is 0 Å². The highest BCUT2D eigenvalue weighted by Crippen LogP contribution is 1.89.